The van der Waals surface area contributed by atoms with Crippen molar-refractivity contribution in [1.82, 2.24) is 0 Å². The minimum absolute atomic E-state index is 0.0133. The molecule has 0 saturated carbocycles. The zero-order valence-electron chi connectivity index (χ0n) is 12.5. The number of carbonyl (C=O) groups is 1. The smallest absolute Gasteiger partial charge is 0.262 e. The van der Waals surface area contributed by atoms with Crippen LogP contribution in [-0.4, -0.2) is 5.91 Å². The van der Waals surface area contributed by atoms with Crippen LogP contribution in [0.5, 0.6) is 0 Å². The molecule has 3 heteroatoms. The van der Waals surface area contributed by atoms with E-state index in [-0.39, 0.29) is 12.1 Å². The van der Waals surface area contributed by atoms with E-state index in [2.05, 4.69) is 5.32 Å². The van der Waals surface area contributed by atoms with Gasteiger partial charge in [0, 0.05) is 11.4 Å². The lowest BCUT2D eigenvalue weighted by Gasteiger charge is -2.38. The molecular formula is C20H16N2O. The molecule has 1 heterocycles. The summed E-state index contributed by atoms with van der Waals surface area (Å²) in [6.45, 7) is 0. The maximum Gasteiger partial charge on any atom is 0.262 e. The molecule has 112 valence electrons. The number of nitrogens with zero attached hydrogens (tertiary/aromatic N) is 1. The summed E-state index contributed by atoms with van der Waals surface area (Å²) in [6, 6.07) is 27.5. The van der Waals surface area contributed by atoms with Gasteiger partial charge in [0.1, 0.15) is 6.17 Å². The maximum absolute atomic E-state index is 13.1. The molecule has 23 heavy (non-hydrogen) atoms. The van der Waals surface area contributed by atoms with E-state index in [1.165, 1.54) is 0 Å². The van der Waals surface area contributed by atoms with Crippen LogP contribution < -0.4 is 10.2 Å². The molecular weight excluding hydrogens is 284 g/mol. The Morgan fingerprint density at radius 2 is 1.35 bits per heavy atom. The Balaban J connectivity index is 1.87. The average molecular weight is 300 g/mol. The van der Waals surface area contributed by atoms with E-state index < -0.39 is 0 Å². The van der Waals surface area contributed by atoms with Crippen LogP contribution in [0.15, 0.2) is 84.9 Å². The lowest BCUT2D eigenvalue weighted by Crippen LogP contribution is -2.43. The average Bonchev–Trinajstić information content (AvgIpc) is 2.63. The molecule has 1 aliphatic rings. The predicted molar refractivity (Wildman–Crippen MR) is 92.5 cm³/mol. The molecule has 0 fully saturated rings. The van der Waals surface area contributed by atoms with E-state index in [4.69, 9.17) is 0 Å². The van der Waals surface area contributed by atoms with Crippen molar-refractivity contribution in [3.05, 3.63) is 96.1 Å². The second kappa shape index (κ2) is 5.61. The second-order valence-corrected chi connectivity index (χ2v) is 5.51. The number of hydrogen-bond acceptors (Lipinski definition) is 2. The van der Waals surface area contributed by atoms with Gasteiger partial charge in [0.15, 0.2) is 0 Å². The first kappa shape index (κ1) is 13.6. The lowest BCUT2D eigenvalue weighted by atomic mass is 10.0. The molecule has 0 unspecified atom stereocenters. The zero-order chi connectivity index (χ0) is 15.6. The topological polar surface area (TPSA) is 32.3 Å². The van der Waals surface area contributed by atoms with Gasteiger partial charge in [0.25, 0.3) is 5.91 Å². The van der Waals surface area contributed by atoms with E-state index in [0.29, 0.717) is 5.56 Å². The molecule has 0 aromatic heterocycles. The quantitative estimate of drug-likeness (QED) is 0.758. The van der Waals surface area contributed by atoms with Crippen molar-refractivity contribution in [2.24, 2.45) is 0 Å². The molecule has 0 radical (unpaired) electrons. The fourth-order valence-electron chi connectivity index (χ4n) is 2.98. The Labute approximate surface area is 135 Å². The Morgan fingerprint density at radius 1 is 0.739 bits per heavy atom. The summed E-state index contributed by atoms with van der Waals surface area (Å²) >= 11 is 0. The van der Waals surface area contributed by atoms with Gasteiger partial charge < -0.3 is 5.32 Å². The Kier molecular flexibility index (Phi) is 3.31. The molecule has 3 aromatic carbocycles. The number of benzene rings is 3. The summed E-state index contributed by atoms with van der Waals surface area (Å²) in [5, 5.41) is 3.50. The van der Waals surface area contributed by atoms with Gasteiger partial charge >= 0.3 is 0 Å². The highest BCUT2D eigenvalue weighted by Gasteiger charge is 2.33. The third kappa shape index (κ3) is 2.36. The van der Waals surface area contributed by atoms with E-state index >= 15 is 0 Å². The molecule has 3 nitrogen and oxygen atoms in total. The Morgan fingerprint density at radius 3 is 2.09 bits per heavy atom. The van der Waals surface area contributed by atoms with Crippen LogP contribution in [0.4, 0.5) is 11.4 Å². The van der Waals surface area contributed by atoms with Crippen LogP contribution in [0.2, 0.25) is 0 Å². The number of fused-ring (bicyclic) bond motifs is 1. The predicted octanol–water partition coefficient (Wildman–Crippen LogP) is 4.46. The summed E-state index contributed by atoms with van der Waals surface area (Å²) in [7, 11) is 0. The minimum atomic E-state index is -0.221. The third-order valence-corrected chi connectivity index (χ3v) is 4.08. The fraction of sp³-hybridized carbons (Fsp3) is 0.0500. The van der Waals surface area contributed by atoms with Crippen molar-refractivity contribution >= 4 is 17.3 Å². The monoisotopic (exact) mass is 300 g/mol. The Hall–Kier alpha value is -3.07. The number of carbonyl (C=O) groups excluding carboxylic acids is 1. The summed E-state index contributed by atoms with van der Waals surface area (Å²) in [6.07, 6.45) is -0.221. The number of amides is 1. The van der Waals surface area contributed by atoms with E-state index in [1.807, 2.05) is 89.8 Å². The van der Waals surface area contributed by atoms with E-state index in [9.17, 15) is 4.79 Å². The van der Waals surface area contributed by atoms with Crippen LogP contribution >= 0.6 is 0 Å². The summed E-state index contributed by atoms with van der Waals surface area (Å²) in [5.74, 6) is 0.0133. The molecule has 0 aliphatic carbocycles. The van der Waals surface area contributed by atoms with Crippen molar-refractivity contribution in [2.45, 2.75) is 6.17 Å². The lowest BCUT2D eigenvalue weighted by molar-refractivity contribution is 0.0975. The van der Waals surface area contributed by atoms with E-state index in [1.54, 1.807) is 0 Å². The number of anilines is 2. The van der Waals surface area contributed by atoms with Crippen LogP contribution in [-0.2, 0) is 0 Å². The van der Waals surface area contributed by atoms with Crippen molar-refractivity contribution in [3.63, 3.8) is 0 Å². The highest BCUT2D eigenvalue weighted by Crippen LogP contribution is 2.36. The summed E-state index contributed by atoms with van der Waals surface area (Å²) < 4.78 is 0. The molecule has 0 saturated heterocycles. The number of para-hydroxylation sites is 2. The Bertz CT molecular complexity index is 831. The summed E-state index contributed by atoms with van der Waals surface area (Å²) in [5.41, 5.74) is 3.51. The van der Waals surface area contributed by atoms with Gasteiger partial charge in [-0.25, -0.2) is 0 Å². The van der Waals surface area contributed by atoms with Gasteiger partial charge in [-0.1, -0.05) is 60.7 Å². The first-order valence-electron chi connectivity index (χ1n) is 7.64. The van der Waals surface area contributed by atoms with Crippen LogP contribution in [0.1, 0.15) is 22.1 Å². The van der Waals surface area contributed by atoms with Gasteiger partial charge in [-0.05, 0) is 29.8 Å². The van der Waals surface area contributed by atoms with Crippen LogP contribution in [0, 0.1) is 0 Å². The van der Waals surface area contributed by atoms with Gasteiger partial charge in [-0.15, -0.1) is 0 Å². The largest absolute Gasteiger partial charge is 0.360 e. The highest BCUT2D eigenvalue weighted by molar-refractivity contribution is 6.12. The first-order valence-corrected chi connectivity index (χ1v) is 7.64. The zero-order valence-corrected chi connectivity index (χ0v) is 12.5. The highest BCUT2D eigenvalue weighted by atomic mass is 16.2. The van der Waals surface area contributed by atoms with Gasteiger partial charge in [0.05, 0.1) is 5.56 Å². The second-order valence-electron chi connectivity index (χ2n) is 5.51. The third-order valence-electron chi connectivity index (χ3n) is 4.08. The minimum Gasteiger partial charge on any atom is -0.360 e. The maximum atomic E-state index is 13.1. The number of nitrogens with one attached hydrogen (secondary N) is 1. The SMILES string of the molecule is O=C1c2ccccc2N[C@@H](c2ccccc2)N1c1ccccc1. The number of hydrogen-bond donors (Lipinski definition) is 1. The van der Waals surface area contributed by atoms with Crippen molar-refractivity contribution < 1.29 is 4.79 Å². The molecule has 1 atom stereocenters. The molecule has 3 aromatic rings. The molecule has 1 amide bonds. The molecule has 4 rings (SSSR count). The van der Waals surface area contributed by atoms with Crippen molar-refractivity contribution in [3.8, 4) is 0 Å². The van der Waals surface area contributed by atoms with Gasteiger partial charge in [-0.3, -0.25) is 9.69 Å². The fourth-order valence-corrected chi connectivity index (χ4v) is 2.98. The van der Waals surface area contributed by atoms with E-state index in [0.717, 1.165) is 16.9 Å². The normalized spacial score (nSPS) is 16.6. The number of rotatable bonds is 2. The molecule has 0 spiro atoms. The summed E-state index contributed by atoms with van der Waals surface area (Å²) in [4.78, 5) is 14.9. The van der Waals surface area contributed by atoms with Crippen molar-refractivity contribution in [2.75, 3.05) is 10.2 Å². The van der Waals surface area contributed by atoms with Gasteiger partial charge in [-0.2, -0.15) is 0 Å². The molecule has 0 bridgehead atoms. The van der Waals surface area contributed by atoms with Gasteiger partial charge in [0.2, 0.25) is 0 Å². The molecule has 1 aliphatic heterocycles. The van der Waals surface area contributed by atoms with Crippen molar-refractivity contribution in [1.29, 1.82) is 0 Å². The standard InChI is InChI=1S/C20H16N2O/c23-20-17-13-7-8-14-18(17)21-19(15-9-3-1-4-10-15)22(20)16-11-5-2-6-12-16/h1-14,19,21H/t19-/m1/s1. The van der Waals surface area contributed by atoms with Crippen LogP contribution in [0.25, 0.3) is 0 Å². The van der Waals surface area contributed by atoms with Crippen LogP contribution in [0.3, 0.4) is 0 Å². The molecule has 1 N–H and O–H groups in total. The first-order chi connectivity index (χ1) is 11.3.